The van der Waals surface area contributed by atoms with Crippen molar-refractivity contribution < 1.29 is 32.2 Å². The lowest BCUT2D eigenvalue weighted by Crippen LogP contribution is -2.11. The number of ether oxygens (including phenoxy) is 2. The van der Waals surface area contributed by atoms with Crippen LogP contribution in [0.25, 0.3) is 0 Å². The molecule has 1 aliphatic carbocycles. The first-order valence-corrected chi connectivity index (χ1v) is 12.4. The van der Waals surface area contributed by atoms with Crippen molar-refractivity contribution in [3.8, 4) is 5.75 Å². The number of ketones is 1. The van der Waals surface area contributed by atoms with Crippen LogP contribution in [-0.4, -0.2) is 24.5 Å². The van der Waals surface area contributed by atoms with Crippen LogP contribution in [0.4, 0.5) is 13.2 Å². The zero-order valence-electron chi connectivity index (χ0n) is 21.3. The molecule has 1 fully saturated rings. The summed E-state index contributed by atoms with van der Waals surface area (Å²) in [6, 6.07) is 4.56. The van der Waals surface area contributed by atoms with Gasteiger partial charge in [-0.3, -0.25) is 9.59 Å². The number of hydrogen-bond acceptors (Lipinski definition) is 4. The number of esters is 1. The van der Waals surface area contributed by atoms with E-state index in [0.29, 0.717) is 18.3 Å². The van der Waals surface area contributed by atoms with Crippen LogP contribution in [0, 0.1) is 11.8 Å². The monoisotopic (exact) mass is 496 g/mol. The summed E-state index contributed by atoms with van der Waals surface area (Å²) in [6.45, 7) is 7.52. The number of rotatable bonds is 11. The highest BCUT2D eigenvalue weighted by atomic mass is 19.4. The van der Waals surface area contributed by atoms with Crippen molar-refractivity contribution in [3.05, 3.63) is 54.1 Å². The van der Waals surface area contributed by atoms with Crippen LogP contribution < -0.4 is 4.74 Å². The summed E-state index contributed by atoms with van der Waals surface area (Å²) in [7, 11) is 0. The first kappa shape index (κ1) is 30.5. The van der Waals surface area contributed by atoms with E-state index in [4.69, 9.17) is 9.47 Å². The maximum Gasteiger partial charge on any atom is 0.416 e. The molecule has 0 heterocycles. The number of allylic oxidation sites excluding steroid dienone is 3. The smallest absolute Gasteiger partial charge is 0.416 e. The molecule has 196 valence electrons. The molecule has 35 heavy (non-hydrogen) atoms. The molecule has 0 radical (unpaired) electrons. The highest BCUT2D eigenvalue weighted by Gasteiger charge is 2.30. The fourth-order valence-electron chi connectivity index (χ4n) is 3.76. The van der Waals surface area contributed by atoms with E-state index in [9.17, 15) is 22.8 Å². The number of benzene rings is 1. The van der Waals surface area contributed by atoms with Crippen LogP contribution in [-0.2, 0) is 20.5 Å². The molecule has 0 amide bonds. The Labute approximate surface area is 207 Å². The van der Waals surface area contributed by atoms with Crippen molar-refractivity contribution in [2.45, 2.75) is 84.9 Å². The standard InChI is InChI=1S/C20H23F3O2.C8H16O2/c1-2-3-6-15-7-4-8-16(15)11-12-18(24)14-25-19-10-5-9-17(13-19)20(21,22)23;1-4-5-6-8(9)10-7(2)3/h2-3,5,9-13,15-16H,4,6-8,14H2,1H3;7H,4-6H2,1-3H3/b3-2-,12-11+;/t15-,16?;/m0./s1. The van der Waals surface area contributed by atoms with Gasteiger partial charge in [0.1, 0.15) is 5.75 Å². The third kappa shape index (κ3) is 13.2. The summed E-state index contributed by atoms with van der Waals surface area (Å²) in [4.78, 5) is 22.7. The number of carbonyl (C=O) groups is 2. The predicted octanol–water partition coefficient (Wildman–Crippen LogP) is 7.72. The Balaban J connectivity index is 0.000000518. The molecule has 0 aromatic heterocycles. The van der Waals surface area contributed by atoms with Crippen LogP contribution in [0.3, 0.4) is 0 Å². The lowest BCUT2D eigenvalue weighted by Gasteiger charge is -2.13. The second-order valence-electron chi connectivity index (χ2n) is 8.94. The normalized spacial score (nSPS) is 18.1. The van der Waals surface area contributed by atoms with Gasteiger partial charge in [-0.2, -0.15) is 13.2 Å². The van der Waals surface area contributed by atoms with Gasteiger partial charge in [0.25, 0.3) is 0 Å². The third-order valence-electron chi connectivity index (χ3n) is 5.57. The lowest BCUT2D eigenvalue weighted by molar-refractivity contribution is -0.147. The molecular weight excluding hydrogens is 457 g/mol. The van der Waals surface area contributed by atoms with E-state index in [1.165, 1.54) is 18.2 Å². The molecule has 7 heteroatoms. The minimum atomic E-state index is -4.42. The lowest BCUT2D eigenvalue weighted by atomic mass is 9.92. The Kier molecular flexibility index (Phi) is 14.1. The topological polar surface area (TPSA) is 52.6 Å². The Morgan fingerprint density at radius 1 is 1.20 bits per heavy atom. The van der Waals surface area contributed by atoms with E-state index in [1.807, 2.05) is 32.9 Å². The Hall–Kier alpha value is -2.57. The predicted molar refractivity (Wildman–Crippen MR) is 132 cm³/mol. The van der Waals surface area contributed by atoms with E-state index >= 15 is 0 Å². The van der Waals surface area contributed by atoms with Gasteiger partial charge >= 0.3 is 12.1 Å². The number of alkyl halides is 3. The Bertz CT molecular complexity index is 828. The van der Waals surface area contributed by atoms with Gasteiger partial charge in [0, 0.05) is 6.42 Å². The van der Waals surface area contributed by atoms with Crippen LogP contribution in [0.5, 0.6) is 5.75 Å². The second kappa shape index (κ2) is 16.2. The van der Waals surface area contributed by atoms with E-state index in [-0.39, 0.29) is 30.2 Å². The Morgan fingerprint density at radius 2 is 1.94 bits per heavy atom. The molecule has 4 nitrogen and oxygen atoms in total. The fourth-order valence-corrected chi connectivity index (χ4v) is 3.76. The van der Waals surface area contributed by atoms with Crippen LogP contribution >= 0.6 is 0 Å². The number of halogens is 3. The summed E-state index contributed by atoms with van der Waals surface area (Å²) in [5.41, 5.74) is -0.786. The minimum absolute atomic E-state index is 0.0318. The molecule has 1 saturated carbocycles. The molecule has 1 unspecified atom stereocenters. The molecule has 0 bridgehead atoms. The first-order chi connectivity index (χ1) is 16.6. The van der Waals surface area contributed by atoms with Gasteiger partial charge in [0.15, 0.2) is 12.4 Å². The molecule has 1 aromatic rings. The number of carbonyl (C=O) groups excluding carboxylic acids is 2. The fraction of sp³-hybridized carbons (Fsp3) is 0.571. The quantitative estimate of drug-likeness (QED) is 0.179. The van der Waals surface area contributed by atoms with Gasteiger partial charge in [-0.05, 0) is 82.6 Å². The highest BCUT2D eigenvalue weighted by molar-refractivity contribution is 5.90. The molecule has 1 aromatic carbocycles. The molecule has 2 rings (SSSR count). The van der Waals surface area contributed by atoms with Gasteiger partial charge in [-0.1, -0.05) is 44.1 Å². The van der Waals surface area contributed by atoms with Gasteiger partial charge in [0.2, 0.25) is 0 Å². The second-order valence-corrected chi connectivity index (χ2v) is 8.94. The first-order valence-electron chi connectivity index (χ1n) is 12.4. The minimum Gasteiger partial charge on any atom is -0.485 e. The van der Waals surface area contributed by atoms with Gasteiger partial charge in [0.05, 0.1) is 11.7 Å². The van der Waals surface area contributed by atoms with Gasteiger partial charge in [-0.25, -0.2) is 0 Å². The summed E-state index contributed by atoms with van der Waals surface area (Å²) < 4.78 is 48.1. The third-order valence-corrected chi connectivity index (χ3v) is 5.57. The average Bonchev–Trinajstić information content (AvgIpc) is 3.25. The van der Waals surface area contributed by atoms with Gasteiger partial charge in [-0.15, -0.1) is 0 Å². The number of hydrogen-bond donors (Lipinski definition) is 0. The van der Waals surface area contributed by atoms with E-state index in [1.54, 1.807) is 0 Å². The zero-order chi connectivity index (χ0) is 26.3. The van der Waals surface area contributed by atoms with E-state index < -0.39 is 11.7 Å². The van der Waals surface area contributed by atoms with E-state index in [2.05, 4.69) is 13.0 Å². The molecule has 0 aliphatic heterocycles. The van der Waals surface area contributed by atoms with Crippen LogP contribution in [0.15, 0.2) is 48.6 Å². The number of unbranched alkanes of at least 4 members (excludes halogenated alkanes) is 1. The van der Waals surface area contributed by atoms with Crippen LogP contribution in [0.2, 0.25) is 0 Å². The van der Waals surface area contributed by atoms with Gasteiger partial charge < -0.3 is 9.47 Å². The molecule has 2 atom stereocenters. The molecule has 1 aliphatic rings. The Morgan fingerprint density at radius 3 is 2.57 bits per heavy atom. The maximum absolute atomic E-state index is 12.6. The largest absolute Gasteiger partial charge is 0.485 e. The SMILES string of the molecule is C/C=C\C[C@H]1CCCC1/C=C/C(=O)COc1cccc(C(F)(F)F)c1.CCCCC(=O)OC(C)C. The molecular formula is C28H39F3O4. The van der Waals surface area contributed by atoms with Crippen molar-refractivity contribution in [3.63, 3.8) is 0 Å². The molecule has 0 N–H and O–H groups in total. The highest BCUT2D eigenvalue weighted by Crippen LogP contribution is 2.35. The average molecular weight is 497 g/mol. The molecule has 0 saturated heterocycles. The van der Waals surface area contributed by atoms with E-state index in [0.717, 1.165) is 50.7 Å². The van der Waals surface area contributed by atoms with Crippen LogP contribution in [0.1, 0.15) is 78.2 Å². The maximum atomic E-state index is 12.6. The zero-order valence-corrected chi connectivity index (χ0v) is 21.3. The van der Waals surface area contributed by atoms with Crippen molar-refractivity contribution in [1.29, 1.82) is 0 Å². The summed E-state index contributed by atoms with van der Waals surface area (Å²) in [6.07, 6.45) is 10.2. The van der Waals surface area contributed by atoms with Crippen molar-refractivity contribution in [2.24, 2.45) is 11.8 Å². The van der Waals surface area contributed by atoms with Crippen molar-refractivity contribution >= 4 is 11.8 Å². The summed E-state index contributed by atoms with van der Waals surface area (Å²) in [5, 5.41) is 0. The summed E-state index contributed by atoms with van der Waals surface area (Å²) >= 11 is 0. The molecule has 0 spiro atoms. The summed E-state index contributed by atoms with van der Waals surface area (Å²) in [5.74, 6) is 0.674. The van der Waals surface area contributed by atoms with Crippen molar-refractivity contribution in [1.82, 2.24) is 0 Å². The van der Waals surface area contributed by atoms with Crippen molar-refractivity contribution in [2.75, 3.05) is 6.61 Å².